The van der Waals surface area contributed by atoms with Gasteiger partial charge < -0.3 is 4.74 Å². The van der Waals surface area contributed by atoms with Crippen molar-refractivity contribution in [3.8, 4) is 0 Å². The number of ether oxygens (including phenoxy) is 1. The summed E-state index contributed by atoms with van der Waals surface area (Å²) in [4.78, 5) is 27.4. The first-order valence-corrected chi connectivity index (χ1v) is 11.0. The molecule has 4 aromatic carbocycles. The van der Waals surface area contributed by atoms with E-state index in [1.165, 1.54) is 0 Å². The molecule has 0 spiro atoms. The number of esters is 1. The molecule has 0 amide bonds. The van der Waals surface area contributed by atoms with Gasteiger partial charge in [0.25, 0.3) is 0 Å². The zero-order valence-corrected chi connectivity index (χ0v) is 17.9. The molecule has 0 aromatic heterocycles. The average Bonchev–Trinajstić information content (AvgIpc) is 3.55. The maximum atomic E-state index is 13.8. The summed E-state index contributed by atoms with van der Waals surface area (Å²) in [5, 5.41) is 2.15. The number of hydrogen-bond donors (Lipinski definition) is 0. The number of carbonyl (C=O) groups is 2. The molecule has 158 valence electrons. The van der Waals surface area contributed by atoms with Gasteiger partial charge in [-0.25, -0.2) is 0 Å². The number of hydrogen-bond acceptors (Lipinski definition) is 3. The SMILES string of the molecule is CCOC(=O)[C@]1(c2ccccc2)[C@H](C(=O)c2ccccc2)[C@H]1c1cccc2ccccc12. The number of benzene rings is 4. The standard InChI is InChI=1S/C29H24O3/c1-2-32-28(31)29(22-16-7-4-8-17-22)25(26(29)27(30)21-13-5-3-6-14-21)24-19-11-15-20-12-9-10-18-23(20)24/h3-19,25-26H,2H2,1H3/t25-,26+,29+/m1/s1. The summed E-state index contributed by atoms with van der Waals surface area (Å²) in [6.45, 7) is 2.07. The quantitative estimate of drug-likeness (QED) is 0.286. The largest absolute Gasteiger partial charge is 0.465 e. The van der Waals surface area contributed by atoms with Crippen LogP contribution in [0, 0.1) is 5.92 Å². The van der Waals surface area contributed by atoms with E-state index >= 15 is 0 Å². The van der Waals surface area contributed by atoms with E-state index in [2.05, 4.69) is 18.2 Å². The van der Waals surface area contributed by atoms with E-state index in [0.717, 1.165) is 21.9 Å². The Morgan fingerprint density at radius 1 is 0.781 bits per heavy atom. The lowest BCUT2D eigenvalue weighted by molar-refractivity contribution is -0.146. The van der Waals surface area contributed by atoms with Crippen molar-refractivity contribution < 1.29 is 14.3 Å². The van der Waals surface area contributed by atoms with Crippen LogP contribution < -0.4 is 0 Å². The summed E-state index contributed by atoms with van der Waals surface area (Å²) in [7, 11) is 0. The monoisotopic (exact) mass is 420 g/mol. The Hall–Kier alpha value is -3.72. The Balaban J connectivity index is 1.75. The second-order valence-corrected chi connectivity index (χ2v) is 8.21. The third kappa shape index (κ3) is 3.04. The van der Waals surface area contributed by atoms with E-state index in [0.29, 0.717) is 5.56 Å². The molecule has 0 bridgehead atoms. The third-order valence-electron chi connectivity index (χ3n) is 6.57. The van der Waals surface area contributed by atoms with E-state index in [4.69, 9.17) is 4.74 Å². The minimum atomic E-state index is -1.05. The summed E-state index contributed by atoms with van der Waals surface area (Å²) in [6.07, 6.45) is 0. The van der Waals surface area contributed by atoms with Gasteiger partial charge in [0.1, 0.15) is 5.41 Å². The Kier molecular flexibility index (Phi) is 5.10. The highest BCUT2D eigenvalue weighted by Gasteiger charge is 2.74. The lowest BCUT2D eigenvalue weighted by Gasteiger charge is -2.18. The van der Waals surface area contributed by atoms with Gasteiger partial charge >= 0.3 is 5.97 Å². The Morgan fingerprint density at radius 3 is 2.12 bits per heavy atom. The van der Waals surface area contributed by atoms with Crippen molar-refractivity contribution in [3.05, 3.63) is 120 Å². The van der Waals surface area contributed by atoms with Crippen molar-refractivity contribution in [3.63, 3.8) is 0 Å². The predicted octanol–water partition coefficient (Wildman–Crippen LogP) is 5.94. The fraction of sp³-hybridized carbons (Fsp3) is 0.172. The van der Waals surface area contributed by atoms with Crippen LogP contribution in [0.15, 0.2) is 103 Å². The average molecular weight is 421 g/mol. The minimum absolute atomic E-state index is 0.0274. The topological polar surface area (TPSA) is 43.4 Å². The number of ketones is 1. The molecule has 1 aliphatic rings. The lowest BCUT2D eigenvalue weighted by atomic mass is 9.88. The molecule has 4 aromatic rings. The molecule has 32 heavy (non-hydrogen) atoms. The van der Waals surface area contributed by atoms with Crippen LogP contribution in [-0.4, -0.2) is 18.4 Å². The molecule has 0 unspecified atom stereocenters. The van der Waals surface area contributed by atoms with E-state index in [-0.39, 0.29) is 24.3 Å². The molecular formula is C29H24O3. The first kappa shape index (κ1) is 20.2. The second-order valence-electron chi connectivity index (χ2n) is 8.21. The molecule has 3 heteroatoms. The van der Waals surface area contributed by atoms with Gasteiger partial charge in [0.2, 0.25) is 0 Å². The molecule has 3 nitrogen and oxygen atoms in total. The van der Waals surface area contributed by atoms with Crippen molar-refractivity contribution in [2.45, 2.75) is 18.3 Å². The first-order valence-electron chi connectivity index (χ1n) is 11.0. The zero-order chi connectivity index (χ0) is 22.1. The van der Waals surface area contributed by atoms with Crippen LogP contribution in [-0.2, 0) is 14.9 Å². The first-order chi connectivity index (χ1) is 15.7. The van der Waals surface area contributed by atoms with E-state index < -0.39 is 11.3 Å². The molecule has 1 saturated carbocycles. The van der Waals surface area contributed by atoms with Gasteiger partial charge in [-0.3, -0.25) is 9.59 Å². The van der Waals surface area contributed by atoms with Gasteiger partial charge in [-0.1, -0.05) is 103 Å². The third-order valence-corrected chi connectivity index (χ3v) is 6.57. The van der Waals surface area contributed by atoms with E-state index in [9.17, 15) is 9.59 Å². The number of fused-ring (bicyclic) bond motifs is 1. The normalized spacial score (nSPS) is 21.8. The van der Waals surface area contributed by atoms with Crippen LogP contribution >= 0.6 is 0 Å². The zero-order valence-electron chi connectivity index (χ0n) is 17.9. The molecule has 3 atom stereocenters. The second kappa shape index (κ2) is 8.08. The molecule has 1 fully saturated rings. The van der Waals surface area contributed by atoms with Gasteiger partial charge in [-0.05, 0) is 28.8 Å². The van der Waals surface area contributed by atoms with Crippen LogP contribution in [0.1, 0.15) is 34.3 Å². The maximum absolute atomic E-state index is 13.8. The summed E-state index contributed by atoms with van der Waals surface area (Å²) in [5.74, 6) is -1.20. The Morgan fingerprint density at radius 2 is 1.41 bits per heavy atom. The molecule has 1 aliphatic carbocycles. The number of carbonyl (C=O) groups excluding carboxylic acids is 2. The van der Waals surface area contributed by atoms with Crippen LogP contribution in [0.5, 0.6) is 0 Å². The molecule has 0 radical (unpaired) electrons. The van der Waals surface area contributed by atoms with Gasteiger partial charge in [0.15, 0.2) is 5.78 Å². The number of rotatable bonds is 6. The molecule has 0 N–H and O–H groups in total. The minimum Gasteiger partial charge on any atom is -0.465 e. The van der Waals surface area contributed by atoms with Crippen molar-refractivity contribution in [2.75, 3.05) is 6.61 Å². The van der Waals surface area contributed by atoms with Crippen LogP contribution in [0.25, 0.3) is 10.8 Å². The fourth-order valence-corrected chi connectivity index (χ4v) is 5.17. The van der Waals surface area contributed by atoms with Crippen molar-refractivity contribution >= 4 is 22.5 Å². The van der Waals surface area contributed by atoms with Crippen molar-refractivity contribution in [1.29, 1.82) is 0 Å². The Labute approximate surface area is 187 Å². The molecule has 0 saturated heterocycles. The lowest BCUT2D eigenvalue weighted by Crippen LogP contribution is -2.29. The van der Waals surface area contributed by atoms with Crippen LogP contribution in [0.3, 0.4) is 0 Å². The number of Topliss-reactive ketones (excluding diaryl/α,β-unsaturated/α-hetero) is 1. The highest BCUT2D eigenvalue weighted by atomic mass is 16.5. The molecule has 0 heterocycles. The van der Waals surface area contributed by atoms with Gasteiger partial charge in [-0.15, -0.1) is 0 Å². The van der Waals surface area contributed by atoms with Crippen molar-refractivity contribution in [1.82, 2.24) is 0 Å². The molecular weight excluding hydrogens is 396 g/mol. The highest BCUT2D eigenvalue weighted by Crippen LogP contribution is 2.68. The predicted molar refractivity (Wildman–Crippen MR) is 126 cm³/mol. The maximum Gasteiger partial charge on any atom is 0.317 e. The Bertz CT molecular complexity index is 1270. The van der Waals surface area contributed by atoms with Gasteiger partial charge in [0, 0.05) is 11.5 Å². The fourth-order valence-electron chi connectivity index (χ4n) is 5.17. The van der Waals surface area contributed by atoms with Crippen LogP contribution in [0.4, 0.5) is 0 Å². The van der Waals surface area contributed by atoms with Gasteiger partial charge in [-0.2, -0.15) is 0 Å². The smallest absolute Gasteiger partial charge is 0.317 e. The highest BCUT2D eigenvalue weighted by molar-refractivity contribution is 6.10. The summed E-state index contributed by atoms with van der Waals surface area (Å²) in [5.41, 5.74) is 1.40. The van der Waals surface area contributed by atoms with Gasteiger partial charge in [0.05, 0.1) is 12.5 Å². The van der Waals surface area contributed by atoms with E-state index in [1.807, 2.05) is 84.9 Å². The summed E-state index contributed by atoms with van der Waals surface area (Å²) in [6, 6.07) is 33.1. The van der Waals surface area contributed by atoms with E-state index in [1.54, 1.807) is 6.92 Å². The molecule has 5 rings (SSSR count). The molecule has 0 aliphatic heterocycles. The van der Waals surface area contributed by atoms with Crippen LogP contribution in [0.2, 0.25) is 0 Å². The summed E-state index contributed by atoms with van der Waals surface area (Å²) >= 11 is 0. The van der Waals surface area contributed by atoms with Crippen molar-refractivity contribution in [2.24, 2.45) is 5.92 Å². The summed E-state index contributed by atoms with van der Waals surface area (Å²) < 4.78 is 5.61.